The molecule has 1 N–H and O–H groups in total. The van der Waals surface area contributed by atoms with Crippen LogP contribution in [0.4, 0.5) is 0 Å². The number of halogens is 1. The Labute approximate surface area is 156 Å². The Morgan fingerprint density at radius 2 is 2.12 bits per heavy atom. The van der Waals surface area contributed by atoms with E-state index < -0.39 is 0 Å². The van der Waals surface area contributed by atoms with Gasteiger partial charge in [0.1, 0.15) is 10.8 Å². The molecule has 1 fully saturated rings. The van der Waals surface area contributed by atoms with Gasteiger partial charge in [-0.3, -0.25) is 9.25 Å². The van der Waals surface area contributed by atoms with Crippen LogP contribution < -0.4 is 5.32 Å². The molecular weight excluding hydrogens is 354 g/mol. The van der Waals surface area contributed by atoms with E-state index in [0.717, 1.165) is 29.7 Å². The predicted octanol–water partition coefficient (Wildman–Crippen LogP) is 3.44. The van der Waals surface area contributed by atoms with Crippen molar-refractivity contribution in [2.24, 2.45) is 7.05 Å². The van der Waals surface area contributed by atoms with Gasteiger partial charge in [-0.15, -0.1) is 0 Å². The molecule has 3 aromatic heterocycles. The van der Waals surface area contributed by atoms with Crippen LogP contribution in [0.5, 0.6) is 0 Å². The van der Waals surface area contributed by atoms with Crippen molar-refractivity contribution in [2.45, 2.75) is 25.3 Å². The summed E-state index contributed by atoms with van der Waals surface area (Å²) in [6.07, 6.45) is 9.55. The molecule has 0 unspecified atom stereocenters. The standard InChI is InChI=1S/C18H22ClN5S/c1-23-12-15(10-21-23)24-11-13(16-2-3-17(19)22-18(16)24)4-7-20-14-5-8-25-9-6-14/h2-3,10-12,14,20H,4-9H2,1H3. The number of fused-ring (bicyclic) bond motifs is 1. The van der Waals surface area contributed by atoms with Crippen LogP contribution >= 0.6 is 23.4 Å². The summed E-state index contributed by atoms with van der Waals surface area (Å²) in [7, 11) is 1.92. The van der Waals surface area contributed by atoms with Gasteiger partial charge < -0.3 is 5.32 Å². The van der Waals surface area contributed by atoms with E-state index in [1.807, 2.05) is 25.5 Å². The van der Waals surface area contributed by atoms with Gasteiger partial charge in [0.15, 0.2) is 0 Å². The second kappa shape index (κ2) is 7.40. The molecule has 0 atom stereocenters. The van der Waals surface area contributed by atoms with Crippen LogP contribution in [-0.4, -0.2) is 43.4 Å². The summed E-state index contributed by atoms with van der Waals surface area (Å²) < 4.78 is 3.88. The van der Waals surface area contributed by atoms with Crippen LogP contribution in [-0.2, 0) is 13.5 Å². The fourth-order valence-corrected chi connectivity index (χ4v) is 4.64. The third-order valence-corrected chi connectivity index (χ3v) is 5.98. The van der Waals surface area contributed by atoms with E-state index in [1.165, 1.54) is 29.9 Å². The Bertz CT molecular complexity index is 866. The summed E-state index contributed by atoms with van der Waals surface area (Å²) >= 11 is 8.20. The maximum atomic E-state index is 6.14. The Morgan fingerprint density at radius 1 is 1.28 bits per heavy atom. The summed E-state index contributed by atoms with van der Waals surface area (Å²) in [5, 5.41) is 9.66. The molecule has 5 nitrogen and oxygen atoms in total. The highest BCUT2D eigenvalue weighted by molar-refractivity contribution is 7.99. The van der Waals surface area contributed by atoms with E-state index in [-0.39, 0.29) is 0 Å². The number of nitrogens with one attached hydrogen (secondary N) is 1. The van der Waals surface area contributed by atoms with Crippen LogP contribution in [0, 0.1) is 0 Å². The lowest BCUT2D eigenvalue weighted by Gasteiger charge is -2.22. The highest BCUT2D eigenvalue weighted by Gasteiger charge is 2.15. The Morgan fingerprint density at radius 3 is 2.88 bits per heavy atom. The van der Waals surface area contributed by atoms with Crippen molar-refractivity contribution in [1.82, 2.24) is 24.6 Å². The third kappa shape index (κ3) is 3.71. The van der Waals surface area contributed by atoms with Gasteiger partial charge in [0, 0.05) is 30.9 Å². The zero-order valence-corrected chi connectivity index (χ0v) is 15.9. The van der Waals surface area contributed by atoms with Crippen molar-refractivity contribution in [3.8, 4) is 5.69 Å². The van der Waals surface area contributed by atoms with Gasteiger partial charge in [0.2, 0.25) is 0 Å². The second-order valence-corrected chi connectivity index (χ2v) is 8.10. The largest absolute Gasteiger partial charge is 0.314 e. The van der Waals surface area contributed by atoms with Crippen molar-refractivity contribution in [1.29, 1.82) is 0 Å². The smallest absolute Gasteiger partial charge is 0.146 e. The van der Waals surface area contributed by atoms with E-state index in [2.05, 4.69) is 44.0 Å². The Kier molecular flexibility index (Phi) is 5.01. The summed E-state index contributed by atoms with van der Waals surface area (Å²) in [6.45, 7) is 0.990. The molecule has 0 bridgehead atoms. The molecule has 25 heavy (non-hydrogen) atoms. The SMILES string of the molecule is Cn1cc(-n2cc(CCNC3CCSCC3)c3ccc(Cl)nc32)cn1. The Balaban J connectivity index is 1.58. The van der Waals surface area contributed by atoms with E-state index in [9.17, 15) is 0 Å². The predicted molar refractivity (Wildman–Crippen MR) is 105 cm³/mol. The summed E-state index contributed by atoms with van der Waals surface area (Å²) in [5.41, 5.74) is 3.19. The molecular formula is C18H22ClN5S. The molecule has 4 heterocycles. The molecule has 1 aliphatic heterocycles. The number of hydrogen-bond donors (Lipinski definition) is 1. The first-order valence-corrected chi connectivity index (χ1v) is 10.2. The number of pyridine rings is 1. The fraction of sp³-hybridized carbons (Fsp3) is 0.444. The van der Waals surface area contributed by atoms with Crippen LogP contribution in [0.25, 0.3) is 16.7 Å². The molecule has 1 saturated heterocycles. The normalized spacial score (nSPS) is 15.9. The number of thioether (sulfide) groups is 1. The first-order valence-electron chi connectivity index (χ1n) is 8.67. The molecule has 7 heteroatoms. The van der Waals surface area contributed by atoms with E-state index in [1.54, 1.807) is 4.68 Å². The van der Waals surface area contributed by atoms with Crippen LogP contribution in [0.15, 0.2) is 30.7 Å². The molecule has 0 aliphatic carbocycles. The average molecular weight is 376 g/mol. The van der Waals surface area contributed by atoms with Crippen molar-refractivity contribution >= 4 is 34.4 Å². The fourth-order valence-electron chi connectivity index (χ4n) is 3.39. The molecule has 0 saturated carbocycles. The van der Waals surface area contributed by atoms with Crippen molar-refractivity contribution in [2.75, 3.05) is 18.1 Å². The van der Waals surface area contributed by atoms with E-state index >= 15 is 0 Å². The minimum Gasteiger partial charge on any atom is -0.314 e. The number of hydrogen-bond acceptors (Lipinski definition) is 4. The van der Waals surface area contributed by atoms with Crippen LogP contribution in [0.3, 0.4) is 0 Å². The van der Waals surface area contributed by atoms with Gasteiger partial charge in [-0.2, -0.15) is 16.9 Å². The highest BCUT2D eigenvalue weighted by atomic mass is 35.5. The van der Waals surface area contributed by atoms with E-state index in [4.69, 9.17) is 11.6 Å². The van der Waals surface area contributed by atoms with Crippen molar-refractivity contribution in [3.05, 3.63) is 41.4 Å². The number of aromatic nitrogens is 4. The number of aryl methyl sites for hydroxylation is 1. The number of nitrogens with zero attached hydrogens (tertiary/aromatic N) is 4. The summed E-state index contributed by atoms with van der Waals surface area (Å²) in [4.78, 5) is 4.55. The molecule has 0 amide bonds. The van der Waals surface area contributed by atoms with Crippen molar-refractivity contribution in [3.63, 3.8) is 0 Å². The summed E-state index contributed by atoms with van der Waals surface area (Å²) in [5.74, 6) is 2.56. The average Bonchev–Trinajstić information content (AvgIpc) is 3.19. The maximum Gasteiger partial charge on any atom is 0.146 e. The van der Waals surface area contributed by atoms with Gasteiger partial charge >= 0.3 is 0 Å². The zero-order chi connectivity index (χ0) is 17.2. The molecule has 0 aromatic carbocycles. The Hall–Kier alpha value is -1.50. The third-order valence-electron chi connectivity index (χ3n) is 4.72. The lowest BCUT2D eigenvalue weighted by Crippen LogP contribution is -2.33. The van der Waals surface area contributed by atoms with E-state index in [0.29, 0.717) is 11.2 Å². The van der Waals surface area contributed by atoms with Gasteiger partial charge in [-0.25, -0.2) is 4.98 Å². The minimum absolute atomic E-state index is 0.514. The first-order chi connectivity index (χ1) is 12.2. The molecule has 0 spiro atoms. The highest BCUT2D eigenvalue weighted by Crippen LogP contribution is 2.25. The molecule has 4 rings (SSSR count). The molecule has 132 valence electrons. The quantitative estimate of drug-likeness (QED) is 0.694. The molecule has 0 radical (unpaired) electrons. The monoisotopic (exact) mass is 375 g/mol. The van der Waals surface area contributed by atoms with Gasteiger partial charge in [0.05, 0.1) is 11.9 Å². The van der Waals surface area contributed by atoms with Gasteiger partial charge in [0.25, 0.3) is 0 Å². The molecule has 3 aromatic rings. The summed E-state index contributed by atoms with van der Waals surface area (Å²) in [6, 6.07) is 4.61. The number of rotatable bonds is 5. The zero-order valence-electron chi connectivity index (χ0n) is 14.3. The molecule has 1 aliphatic rings. The lowest BCUT2D eigenvalue weighted by atomic mass is 10.1. The first kappa shape index (κ1) is 16.9. The van der Waals surface area contributed by atoms with Crippen molar-refractivity contribution < 1.29 is 0 Å². The van der Waals surface area contributed by atoms with Gasteiger partial charge in [-0.05, 0) is 55.0 Å². The topological polar surface area (TPSA) is 47.7 Å². The lowest BCUT2D eigenvalue weighted by molar-refractivity contribution is 0.486. The maximum absolute atomic E-state index is 6.14. The second-order valence-electron chi connectivity index (χ2n) is 6.49. The van der Waals surface area contributed by atoms with Crippen LogP contribution in [0.2, 0.25) is 5.15 Å². The van der Waals surface area contributed by atoms with Crippen LogP contribution in [0.1, 0.15) is 18.4 Å². The minimum atomic E-state index is 0.514. The van der Waals surface area contributed by atoms with Gasteiger partial charge in [-0.1, -0.05) is 11.6 Å².